The van der Waals surface area contributed by atoms with Crippen LogP contribution in [0, 0.1) is 0 Å². The molecule has 6 heteroatoms. The summed E-state index contributed by atoms with van der Waals surface area (Å²) >= 11 is 0. The Balaban J connectivity index is 2.23. The van der Waals surface area contributed by atoms with Gasteiger partial charge < -0.3 is 20.5 Å². The molecular weight excluding hydrogens is 220 g/mol. The van der Waals surface area contributed by atoms with Crippen molar-refractivity contribution in [1.82, 2.24) is 14.8 Å². The van der Waals surface area contributed by atoms with Crippen molar-refractivity contribution < 1.29 is 9.59 Å². The van der Waals surface area contributed by atoms with Gasteiger partial charge in [-0.25, -0.2) is 0 Å². The Kier molecular flexibility index (Phi) is 3.14. The van der Waals surface area contributed by atoms with E-state index in [2.05, 4.69) is 5.32 Å². The number of nitrogens with zero attached hydrogens (tertiary/aromatic N) is 2. The second-order valence-electron chi connectivity index (χ2n) is 4.13. The second kappa shape index (κ2) is 4.58. The van der Waals surface area contributed by atoms with Gasteiger partial charge in [-0.3, -0.25) is 9.59 Å². The van der Waals surface area contributed by atoms with E-state index < -0.39 is 11.9 Å². The first-order valence-corrected chi connectivity index (χ1v) is 5.53. The fourth-order valence-corrected chi connectivity index (χ4v) is 2.03. The predicted molar refractivity (Wildman–Crippen MR) is 62.3 cm³/mol. The van der Waals surface area contributed by atoms with E-state index in [1.807, 2.05) is 0 Å². The van der Waals surface area contributed by atoms with Gasteiger partial charge in [0.25, 0.3) is 5.91 Å². The Morgan fingerprint density at radius 2 is 2.29 bits per heavy atom. The number of nitrogens with two attached hydrogens (primary N) is 1. The Morgan fingerprint density at radius 3 is 2.88 bits per heavy atom. The highest BCUT2D eigenvalue weighted by Crippen LogP contribution is 2.10. The van der Waals surface area contributed by atoms with Crippen LogP contribution in [0.25, 0.3) is 0 Å². The fraction of sp³-hybridized carbons (Fsp3) is 0.455. The third-order valence-corrected chi connectivity index (χ3v) is 3.00. The van der Waals surface area contributed by atoms with Crippen molar-refractivity contribution in [3.8, 4) is 0 Å². The zero-order valence-corrected chi connectivity index (χ0v) is 9.72. The standard InChI is InChI=1S/C11H16N4O2/c1-14-5-2-3-8(14)11(17)15-6-4-13-7-9(15)10(12)16/h2-3,5,9,13H,4,6-7H2,1H3,(H2,12,16). The smallest absolute Gasteiger partial charge is 0.271 e. The minimum atomic E-state index is -0.564. The van der Waals surface area contributed by atoms with E-state index in [4.69, 9.17) is 5.73 Å². The van der Waals surface area contributed by atoms with Crippen molar-refractivity contribution in [2.45, 2.75) is 6.04 Å². The topological polar surface area (TPSA) is 80.4 Å². The maximum atomic E-state index is 12.3. The lowest BCUT2D eigenvalue weighted by molar-refractivity contribution is -0.122. The molecule has 0 aliphatic carbocycles. The van der Waals surface area contributed by atoms with Crippen LogP contribution in [0.5, 0.6) is 0 Å². The Hall–Kier alpha value is -1.82. The van der Waals surface area contributed by atoms with Crippen molar-refractivity contribution >= 4 is 11.8 Å². The van der Waals surface area contributed by atoms with Gasteiger partial charge in [-0.2, -0.15) is 0 Å². The molecule has 1 aliphatic heterocycles. The van der Waals surface area contributed by atoms with Crippen LogP contribution in [0.15, 0.2) is 18.3 Å². The average molecular weight is 236 g/mol. The van der Waals surface area contributed by atoms with E-state index in [0.29, 0.717) is 25.3 Å². The molecule has 6 nitrogen and oxygen atoms in total. The predicted octanol–water partition coefficient (Wildman–Crippen LogP) is -1.08. The molecule has 17 heavy (non-hydrogen) atoms. The van der Waals surface area contributed by atoms with E-state index in [0.717, 1.165) is 0 Å². The molecule has 1 aliphatic rings. The number of aromatic nitrogens is 1. The molecule has 1 unspecified atom stereocenters. The van der Waals surface area contributed by atoms with Gasteiger partial charge >= 0.3 is 0 Å². The summed E-state index contributed by atoms with van der Waals surface area (Å²) < 4.78 is 1.74. The largest absolute Gasteiger partial charge is 0.368 e. The van der Waals surface area contributed by atoms with Gasteiger partial charge in [0, 0.05) is 32.9 Å². The van der Waals surface area contributed by atoms with Gasteiger partial charge in [-0.05, 0) is 12.1 Å². The minimum absolute atomic E-state index is 0.150. The van der Waals surface area contributed by atoms with E-state index in [-0.39, 0.29) is 5.91 Å². The number of piperazine rings is 1. The van der Waals surface area contributed by atoms with Crippen molar-refractivity contribution in [2.75, 3.05) is 19.6 Å². The van der Waals surface area contributed by atoms with E-state index in [9.17, 15) is 9.59 Å². The minimum Gasteiger partial charge on any atom is -0.368 e. The van der Waals surface area contributed by atoms with E-state index in [1.54, 1.807) is 29.9 Å². The number of hydrogen-bond donors (Lipinski definition) is 2. The van der Waals surface area contributed by atoms with Gasteiger partial charge in [0.1, 0.15) is 11.7 Å². The molecule has 0 saturated carbocycles. The maximum absolute atomic E-state index is 12.3. The number of amides is 2. The molecule has 1 saturated heterocycles. The summed E-state index contributed by atoms with van der Waals surface area (Å²) in [5, 5.41) is 3.06. The van der Waals surface area contributed by atoms with Crippen LogP contribution in [-0.2, 0) is 11.8 Å². The fourth-order valence-electron chi connectivity index (χ4n) is 2.03. The summed E-state index contributed by atoms with van der Waals surface area (Å²) in [4.78, 5) is 25.1. The Morgan fingerprint density at radius 1 is 1.53 bits per heavy atom. The number of carbonyl (C=O) groups is 2. The summed E-state index contributed by atoms with van der Waals surface area (Å²) in [7, 11) is 1.80. The van der Waals surface area contributed by atoms with Crippen LogP contribution < -0.4 is 11.1 Å². The molecule has 1 aromatic rings. The highest BCUT2D eigenvalue weighted by molar-refractivity contribution is 5.96. The molecule has 0 bridgehead atoms. The molecule has 3 N–H and O–H groups in total. The molecule has 92 valence electrons. The number of hydrogen-bond acceptors (Lipinski definition) is 3. The van der Waals surface area contributed by atoms with Crippen LogP contribution >= 0.6 is 0 Å². The quantitative estimate of drug-likeness (QED) is 0.685. The van der Waals surface area contributed by atoms with Crippen molar-refractivity contribution in [1.29, 1.82) is 0 Å². The summed E-state index contributed by atoms with van der Waals surface area (Å²) in [5.41, 5.74) is 5.87. The lowest BCUT2D eigenvalue weighted by atomic mass is 10.1. The number of nitrogens with one attached hydrogen (secondary N) is 1. The van der Waals surface area contributed by atoms with Gasteiger partial charge in [0.05, 0.1) is 0 Å². The first-order valence-electron chi connectivity index (χ1n) is 5.53. The van der Waals surface area contributed by atoms with Crippen molar-refractivity contribution in [2.24, 2.45) is 12.8 Å². The highest BCUT2D eigenvalue weighted by Gasteiger charge is 2.31. The first kappa shape index (κ1) is 11.7. The SMILES string of the molecule is Cn1cccc1C(=O)N1CCNCC1C(N)=O. The Labute approximate surface area is 99.4 Å². The monoisotopic (exact) mass is 236 g/mol. The van der Waals surface area contributed by atoms with E-state index >= 15 is 0 Å². The summed E-state index contributed by atoms with van der Waals surface area (Å²) in [6.07, 6.45) is 1.80. The third-order valence-electron chi connectivity index (χ3n) is 3.00. The molecular formula is C11H16N4O2. The van der Waals surface area contributed by atoms with Crippen LogP contribution in [0.2, 0.25) is 0 Å². The van der Waals surface area contributed by atoms with Gasteiger partial charge in [-0.15, -0.1) is 0 Å². The van der Waals surface area contributed by atoms with Crippen LogP contribution in [0.1, 0.15) is 10.5 Å². The lowest BCUT2D eigenvalue weighted by Gasteiger charge is -2.34. The maximum Gasteiger partial charge on any atom is 0.271 e. The lowest BCUT2D eigenvalue weighted by Crippen LogP contribution is -2.58. The average Bonchev–Trinajstić information content (AvgIpc) is 2.74. The van der Waals surface area contributed by atoms with Gasteiger partial charge in [0.15, 0.2) is 0 Å². The molecule has 2 amide bonds. The summed E-state index contributed by atoms with van der Waals surface area (Å²) in [6.45, 7) is 1.60. The Bertz CT molecular complexity index is 440. The van der Waals surface area contributed by atoms with Crippen molar-refractivity contribution in [3.05, 3.63) is 24.0 Å². The molecule has 0 spiro atoms. The molecule has 0 aromatic carbocycles. The number of primary amides is 1. The summed E-state index contributed by atoms with van der Waals surface area (Å²) in [5.74, 6) is -0.623. The normalized spacial score (nSPS) is 20.3. The van der Waals surface area contributed by atoms with E-state index in [1.165, 1.54) is 4.90 Å². The molecule has 1 fully saturated rings. The number of carbonyl (C=O) groups excluding carboxylic acids is 2. The molecule has 2 rings (SSSR count). The highest BCUT2D eigenvalue weighted by atomic mass is 16.2. The van der Waals surface area contributed by atoms with Crippen LogP contribution in [0.3, 0.4) is 0 Å². The zero-order chi connectivity index (χ0) is 12.4. The number of aryl methyl sites for hydroxylation is 1. The first-order chi connectivity index (χ1) is 8.11. The summed E-state index contributed by atoms with van der Waals surface area (Å²) in [6, 6.07) is 2.98. The second-order valence-corrected chi connectivity index (χ2v) is 4.13. The van der Waals surface area contributed by atoms with Crippen LogP contribution in [0.4, 0.5) is 0 Å². The van der Waals surface area contributed by atoms with Crippen LogP contribution in [-0.4, -0.2) is 47.0 Å². The molecule has 2 heterocycles. The third kappa shape index (κ3) is 2.16. The zero-order valence-electron chi connectivity index (χ0n) is 9.72. The molecule has 0 radical (unpaired) electrons. The van der Waals surface area contributed by atoms with Gasteiger partial charge in [0.2, 0.25) is 5.91 Å². The number of rotatable bonds is 2. The van der Waals surface area contributed by atoms with Crippen molar-refractivity contribution in [3.63, 3.8) is 0 Å². The molecule has 1 atom stereocenters. The van der Waals surface area contributed by atoms with Gasteiger partial charge in [-0.1, -0.05) is 0 Å². The molecule has 1 aromatic heterocycles.